The number of pyridine rings is 1. The molecule has 0 radical (unpaired) electrons. The van der Waals surface area contributed by atoms with Crippen molar-refractivity contribution in [2.75, 3.05) is 13.7 Å². The van der Waals surface area contributed by atoms with Crippen molar-refractivity contribution >= 4 is 22.1 Å². The zero-order valence-electron chi connectivity index (χ0n) is 18.3. The number of likely N-dealkylation sites (tertiary alicyclic amines) is 1. The normalized spacial score (nSPS) is 16.4. The summed E-state index contributed by atoms with van der Waals surface area (Å²) in [4.78, 5) is 26.0. The number of ether oxygens (including phenoxy) is 1. The van der Waals surface area contributed by atoms with Gasteiger partial charge in [0.15, 0.2) is 0 Å². The lowest BCUT2D eigenvalue weighted by Crippen LogP contribution is -2.38. The predicted octanol–water partition coefficient (Wildman–Crippen LogP) is 5.07. The summed E-state index contributed by atoms with van der Waals surface area (Å²) in [5, 5.41) is 2.08. The van der Waals surface area contributed by atoms with Crippen LogP contribution in [0.1, 0.15) is 58.4 Å². The first-order chi connectivity index (χ1) is 15.7. The van der Waals surface area contributed by atoms with Crippen LogP contribution in [0.25, 0.3) is 4.83 Å². The number of para-hydroxylation sites is 1. The number of fused-ring (bicyclic) bond motifs is 1. The van der Waals surface area contributed by atoms with Crippen LogP contribution in [0.3, 0.4) is 0 Å². The first-order valence-electron chi connectivity index (χ1n) is 11.0. The smallest absolute Gasteiger partial charge is 0.255 e. The standard InChI is InChI=1S/C25H26N4O2S/c1-17-27-23(25-28(17)13-14-32-25)21-8-5-6-12-29(21)24(30)19-10-11-20(26-16-19)15-18-7-3-4-9-22(18)31-2/h3-4,7,9-11,13-14,16,21H,5-6,8,12,15H2,1-2H3. The predicted molar refractivity (Wildman–Crippen MR) is 125 cm³/mol. The number of carbonyl (C=O) groups is 1. The van der Waals surface area contributed by atoms with Gasteiger partial charge in [0.1, 0.15) is 16.4 Å². The van der Waals surface area contributed by atoms with Crippen molar-refractivity contribution in [3.8, 4) is 5.75 Å². The van der Waals surface area contributed by atoms with E-state index < -0.39 is 0 Å². The van der Waals surface area contributed by atoms with Gasteiger partial charge >= 0.3 is 0 Å². The van der Waals surface area contributed by atoms with Gasteiger partial charge in [-0.25, -0.2) is 4.98 Å². The summed E-state index contributed by atoms with van der Waals surface area (Å²) in [5.74, 6) is 1.85. The number of carbonyl (C=O) groups excluding carboxylic acids is 1. The fraction of sp³-hybridized carbons (Fsp3) is 0.320. The molecule has 0 aliphatic carbocycles. The number of thiazole rings is 1. The van der Waals surface area contributed by atoms with Crippen molar-refractivity contribution in [2.24, 2.45) is 0 Å². The van der Waals surface area contributed by atoms with Crippen molar-refractivity contribution in [1.82, 2.24) is 19.3 Å². The Hall–Kier alpha value is -3.19. The molecule has 4 heterocycles. The first kappa shape index (κ1) is 20.7. The monoisotopic (exact) mass is 446 g/mol. The Bertz CT molecular complexity index is 1240. The second-order valence-electron chi connectivity index (χ2n) is 8.16. The maximum atomic E-state index is 13.5. The summed E-state index contributed by atoms with van der Waals surface area (Å²) >= 11 is 1.68. The fourth-order valence-electron chi connectivity index (χ4n) is 4.54. The minimum absolute atomic E-state index is 0.00635. The van der Waals surface area contributed by atoms with Crippen molar-refractivity contribution in [3.63, 3.8) is 0 Å². The van der Waals surface area contributed by atoms with Gasteiger partial charge in [-0.1, -0.05) is 18.2 Å². The van der Waals surface area contributed by atoms with Crippen molar-refractivity contribution in [3.05, 3.63) is 82.5 Å². The number of hydrogen-bond donors (Lipinski definition) is 0. The zero-order valence-corrected chi connectivity index (χ0v) is 19.1. The van der Waals surface area contributed by atoms with Crippen LogP contribution >= 0.6 is 11.3 Å². The van der Waals surface area contributed by atoms with E-state index in [1.54, 1.807) is 24.6 Å². The Morgan fingerprint density at radius 3 is 2.91 bits per heavy atom. The third-order valence-corrected chi connectivity index (χ3v) is 7.06. The highest BCUT2D eigenvalue weighted by Gasteiger charge is 2.32. The molecule has 0 N–H and O–H groups in total. The van der Waals surface area contributed by atoms with Gasteiger partial charge in [0.2, 0.25) is 0 Å². The summed E-state index contributed by atoms with van der Waals surface area (Å²) in [5.41, 5.74) is 3.63. The first-order valence-corrected chi connectivity index (χ1v) is 11.8. The molecular weight excluding hydrogens is 420 g/mol. The molecule has 7 heteroatoms. The molecule has 1 fully saturated rings. The summed E-state index contributed by atoms with van der Waals surface area (Å²) in [6, 6.07) is 11.8. The van der Waals surface area contributed by atoms with Gasteiger partial charge in [0.25, 0.3) is 5.91 Å². The summed E-state index contributed by atoms with van der Waals surface area (Å²) in [6.07, 6.45) is 7.48. The van der Waals surface area contributed by atoms with Crippen LogP contribution < -0.4 is 4.74 Å². The van der Waals surface area contributed by atoms with Crippen LogP contribution in [0.4, 0.5) is 0 Å². The largest absolute Gasteiger partial charge is 0.496 e. The molecule has 1 amide bonds. The van der Waals surface area contributed by atoms with E-state index in [-0.39, 0.29) is 11.9 Å². The molecule has 0 spiro atoms. The van der Waals surface area contributed by atoms with Gasteiger partial charge in [-0.2, -0.15) is 0 Å². The highest BCUT2D eigenvalue weighted by Crippen LogP contribution is 2.35. The van der Waals surface area contributed by atoms with E-state index >= 15 is 0 Å². The molecular formula is C25H26N4O2S. The van der Waals surface area contributed by atoms with E-state index in [0.717, 1.165) is 59.2 Å². The molecule has 3 aromatic heterocycles. The van der Waals surface area contributed by atoms with Crippen molar-refractivity contribution in [2.45, 2.75) is 38.6 Å². The van der Waals surface area contributed by atoms with Crippen LogP contribution in [-0.2, 0) is 6.42 Å². The van der Waals surface area contributed by atoms with Gasteiger partial charge in [-0.3, -0.25) is 14.2 Å². The average molecular weight is 447 g/mol. The Morgan fingerprint density at radius 1 is 1.22 bits per heavy atom. The molecule has 0 saturated carbocycles. The highest BCUT2D eigenvalue weighted by molar-refractivity contribution is 7.15. The Morgan fingerprint density at radius 2 is 2.09 bits per heavy atom. The Labute approximate surface area is 191 Å². The molecule has 6 nitrogen and oxygen atoms in total. The number of aryl methyl sites for hydroxylation is 1. The lowest BCUT2D eigenvalue weighted by molar-refractivity contribution is 0.0608. The number of nitrogens with zero attached hydrogens (tertiary/aromatic N) is 4. The third-order valence-electron chi connectivity index (χ3n) is 6.17. The van der Waals surface area contributed by atoms with Crippen LogP contribution in [0.5, 0.6) is 5.75 Å². The van der Waals surface area contributed by atoms with Gasteiger partial charge in [0.05, 0.1) is 24.4 Å². The molecule has 4 aromatic rings. The Balaban J connectivity index is 1.38. The van der Waals surface area contributed by atoms with Crippen LogP contribution in [0.15, 0.2) is 54.2 Å². The van der Waals surface area contributed by atoms with Crippen LogP contribution in [-0.4, -0.2) is 38.8 Å². The highest BCUT2D eigenvalue weighted by atomic mass is 32.1. The molecule has 164 valence electrons. The number of methoxy groups -OCH3 is 1. The molecule has 1 atom stereocenters. The summed E-state index contributed by atoms with van der Waals surface area (Å²) in [6.45, 7) is 2.76. The van der Waals surface area contributed by atoms with Gasteiger partial charge in [-0.05, 0) is 44.4 Å². The van der Waals surface area contributed by atoms with Crippen molar-refractivity contribution < 1.29 is 9.53 Å². The SMILES string of the molecule is COc1ccccc1Cc1ccc(C(=O)N2CCCCC2c2nc(C)n3ccsc23)cn1. The van der Waals surface area contributed by atoms with Gasteiger partial charge < -0.3 is 9.64 Å². The van der Waals surface area contributed by atoms with E-state index in [1.165, 1.54) is 0 Å². The van der Waals surface area contributed by atoms with E-state index in [0.29, 0.717) is 12.0 Å². The van der Waals surface area contributed by atoms with Crippen LogP contribution in [0, 0.1) is 6.92 Å². The number of imidazole rings is 1. The third kappa shape index (κ3) is 3.77. The van der Waals surface area contributed by atoms with E-state index in [4.69, 9.17) is 9.72 Å². The molecule has 1 aliphatic rings. The quantitative estimate of drug-likeness (QED) is 0.430. The summed E-state index contributed by atoms with van der Waals surface area (Å²) in [7, 11) is 1.68. The molecule has 5 rings (SSSR count). The fourth-order valence-corrected chi connectivity index (χ4v) is 5.46. The van der Waals surface area contributed by atoms with Crippen LogP contribution in [0.2, 0.25) is 0 Å². The molecule has 0 bridgehead atoms. The topological polar surface area (TPSA) is 59.7 Å². The number of aromatic nitrogens is 3. The molecule has 1 saturated heterocycles. The van der Waals surface area contributed by atoms with Crippen molar-refractivity contribution in [1.29, 1.82) is 0 Å². The number of benzene rings is 1. The summed E-state index contributed by atoms with van der Waals surface area (Å²) < 4.78 is 7.56. The van der Waals surface area contributed by atoms with E-state index in [9.17, 15) is 4.79 Å². The minimum atomic E-state index is 0.00635. The Kier molecular flexibility index (Phi) is 5.66. The zero-order chi connectivity index (χ0) is 22.1. The lowest BCUT2D eigenvalue weighted by Gasteiger charge is -2.35. The maximum absolute atomic E-state index is 13.5. The second-order valence-corrected chi connectivity index (χ2v) is 9.05. The number of rotatable bonds is 5. The number of hydrogen-bond acceptors (Lipinski definition) is 5. The molecule has 1 unspecified atom stereocenters. The van der Waals surface area contributed by atoms with E-state index in [1.807, 2.05) is 54.4 Å². The van der Waals surface area contributed by atoms with Gasteiger partial charge in [-0.15, -0.1) is 11.3 Å². The van der Waals surface area contributed by atoms with E-state index in [2.05, 4.69) is 14.8 Å². The second kappa shape index (κ2) is 8.74. The average Bonchev–Trinajstić information content (AvgIpc) is 3.44. The molecule has 1 aromatic carbocycles. The lowest BCUT2D eigenvalue weighted by atomic mass is 9.98. The number of piperidine rings is 1. The maximum Gasteiger partial charge on any atom is 0.255 e. The number of amides is 1. The van der Waals surface area contributed by atoms with Gasteiger partial charge in [0, 0.05) is 42.0 Å². The molecule has 32 heavy (non-hydrogen) atoms. The minimum Gasteiger partial charge on any atom is -0.496 e. The molecule has 1 aliphatic heterocycles.